The molecule has 1 fully saturated rings. The van der Waals surface area contributed by atoms with E-state index in [-0.39, 0.29) is 17.1 Å². The maximum Gasteiger partial charge on any atom is 0.303 e. The van der Waals surface area contributed by atoms with Gasteiger partial charge in [0.25, 0.3) is 0 Å². The summed E-state index contributed by atoms with van der Waals surface area (Å²) >= 11 is 0. The lowest BCUT2D eigenvalue weighted by molar-refractivity contribution is -0.159. The van der Waals surface area contributed by atoms with Gasteiger partial charge < -0.3 is 24.1 Å². The smallest absolute Gasteiger partial charge is 0.303 e. The summed E-state index contributed by atoms with van der Waals surface area (Å²) in [6, 6.07) is 10.9. The van der Waals surface area contributed by atoms with Crippen molar-refractivity contribution < 1.29 is 33.6 Å². The van der Waals surface area contributed by atoms with Crippen molar-refractivity contribution in [1.29, 1.82) is 0 Å². The Morgan fingerprint density at radius 3 is 2.55 bits per heavy atom. The van der Waals surface area contributed by atoms with Crippen LogP contribution in [0.15, 0.2) is 42.5 Å². The average molecular weight is 424 g/mol. The molecule has 2 aromatic rings. The number of fused-ring (bicyclic) bond motifs is 3. The average Bonchev–Trinajstić information content (AvgIpc) is 3.18. The van der Waals surface area contributed by atoms with Crippen molar-refractivity contribution in [2.24, 2.45) is 0 Å². The molecular formula is C24H24O7. The van der Waals surface area contributed by atoms with E-state index in [2.05, 4.69) is 0 Å². The molecule has 0 aliphatic carbocycles. The Morgan fingerprint density at radius 1 is 1.19 bits per heavy atom. The van der Waals surface area contributed by atoms with E-state index in [9.17, 15) is 14.7 Å². The molecule has 2 aliphatic rings. The Bertz CT molecular complexity index is 1060. The summed E-state index contributed by atoms with van der Waals surface area (Å²) in [6.45, 7) is 4.89. The van der Waals surface area contributed by atoms with Gasteiger partial charge in [0.1, 0.15) is 34.5 Å². The van der Waals surface area contributed by atoms with E-state index in [1.807, 2.05) is 30.3 Å². The highest BCUT2D eigenvalue weighted by molar-refractivity contribution is 6.11. The number of methoxy groups -OCH3 is 1. The van der Waals surface area contributed by atoms with Crippen LogP contribution in [0.1, 0.15) is 48.2 Å². The number of carbonyl (C=O) groups is 2. The van der Waals surface area contributed by atoms with Gasteiger partial charge in [0.2, 0.25) is 6.29 Å². The minimum atomic E-state index is -0.831. The van der Waals surface area contributed by atoms with Crippen molar-refractivity contribution in [2.75, 3.05) is 7.11 Å². The van der Waals surface area contributed by atoms with Gasteiger partial charge in [0, 0.05) is 13.0 Å². The number of hydrogen-bond donors (Lipinski definition) is 1. The minimum absolute atomic E-state index is 0.0176. The van der Waals surface area contributed by atoms with Crippen LogP contribution >= 0.6 is 0 Å². The summed E-state index contributed by atoms with van der Waals surface area (Å²) in [5.74, 6) is -1.21. The molecule has 4 rings (SSSR count). The lowest BCUT2D eigenvalue weighted by atomic mass is 9.86. The predicted octanol–water partition coefficient (Wildman–Crippen LogP) is 3.84. The van der Waals surface area contributed by atoms with E-state index < -0.39 is 35.7 Å². The molecule has 162 valence electrons. The molecule has 2 aromatic carbocycles. The Morgan fingerprint density at radius 2 is 1.90 bits per heavy atom. The quantitative estimate of drug-likeness (QED) is 0.443. The fourth-order valence-electron chi connectivity index (χ4n) is 4.19. The standard InChI is InChI=1S/C24H24O7/c1-13(25)29-22-20-19-17(30-23(20)31-24(22,2)3)12-16(28-4)18(21(19)27)15(26)11-10-14-8-6-5-7-9-14/h5-12,20,22-23,27H,1-4H3/b11-10+/t20-,22-,23+/m1/s1. The number of phenolic OH excluding ortho intramolecular Hbond substituents is 1. The summed E-state index contributed by atoms with van der Waals surface area (Å²) in [4.78, 5) is 24.7. The van der Waals surface area contributed by atoms with Gasteiger partial charge in [-0.2, -0.15) is 0 Å². The number of ketones is 1. The highest BCUT2D eigenvalue weighted by Gasteiger charge is 2.58. The van der Waals surface area contributed by atoms with Gasteiger partial charge in [-0.1, -0.05) is 36.4 Å². The van der Waals surface area contributed by atoms with Gasteiger partial charge in [-0.05, 0) is 25.5 Å². The van der Waals surface area contributed by atoms with Crippen LogP contribution in [-0.4, -0.2) is 42.0 Å². The predicted molar refractivity (Wildman–Crippen MR) is 112 cm³/mol. The molecule has 1 N–H and O–H groups in total. The third-order valence-electron chi connectivity index (χ3n) is 5.55. The van der Waals surface area contributed by atoms with Crippen LogP contribution in [0.5, 0.6) is 17.2 Å². The topological polar surface area (TPSA) is 91.3 Å². The van der Waals surface area contributed by atoms with Crippen LogP contribution < -0.4 is 9.47 Å². The highest BCUT2D eigenvalue weighted by atomic mass is 16.7. The Kier molecular flexibility index (Phi) is 5.23. The molecule has 0 spiro atoms. The summed E-state index contributed by atoms with van der Waals surface area (Å²) in [7, 11) is 1.41. The van der Waals surface area contributed by atoms with Crippen LogP contribution in [0.2, 0.25) is 0 Å². The normalized spacial score (nSPS) is 23.2. The van der Waals surface area contributed by atoms with E-state index in [1.54, 1.807) is 26.0 Å². The van der Waals surface area contributed by atoms with E-state index in [0.717, 1.165) is 5.56 Å². The first-order chi connectivity index (χ1) is 14.7. The van der Waals surface area contributed by atoms with E-state index >= 15 is 0 Å². The molecule has 0 unspecified atom stereocenters. The van der Waals surface area contributed by atoms with Gasteiger partial charge in [-0.25, -0.2) is 0 Å². The summed E-state index contributed by atoms with van der Waals surface area (Å²) in [6.07, 6.45) is 1.59. The van der Waals surface area contributed by atoms with E-state index in [0.29, 0.717) is 11.3 Å². The fraction of sp³-hybridized carbons (Fsp3) is 0.333. The second kappa shape index (κ2) is 7.74. The molecule has 0 saturated carbocycles. The van der Waals surface area contributed by atoms with Gasteiger partial charge >= 0.3 is 5.97 Å². The monoisotopic (exact) mass is 424 g/mol. The molecule has 0 radical (unpaired) electrons. The van der Waals surface area contributed by atoms with Gasteiger partial charge in [0.05, 0.1) is 18.6 Å². The molecule has 0 bridgehead atoms. The zero-order valence-corrected chi connectivity index (χ0v) is 17.7. The summed E-state index contributed by atoms with van der Waals surface area (Å²) in [5, 5.41) is 11.1. The van der Waals surface area contributed by atoms with Gasteiger partial charge in [-0.15, -0.1) is 0 Å². The van der Waals surface area contributed by atoms with Gasteiger partial charge in [-0.3, -0.25) is 9.59 Å². The number of esters is 1. The Hall–Kier alpha value is -3.32. The zero-order valence-electron chi connectivity index (χ0n) is 17.7. The van der Waals surface area contributed by atoms with Crippen molar-refractivity contribution in [3.8, 4) is 17.2 Å². The summed E-state index contributed by atoms with van der Waals surface area (Å²) in [5.41, 5.74) is 0.408. The number of hydrogen-bond acceptors (Lipinski definition) is 7. The number of allylic oxidation sites excluding steroid dienone is 1. The first-order valence-electron chi connectivity index (χ1n) is 9.96. The van der Waals surface area contributed by atoms with Crippen molar-refractivity contribution >= 4 is 17.8 Å². The lowest BCUT2D eigenvalue weighted by Crippen LogP contribution is -2.38. The number of phenols is 1. The second-order valence-corrected chi connectivity index (χ2v) is 8.09. The minimum Gasteiger partial charge on any atom is -0.507 e. The molecule has 2 heterocycles. The molecule has 1 saturated heterocycles. The number of benzene rings is 2. The molecule has 2 aliphatic heterocycles. The first kappa shape index (κ1) is 20.9. The van der Waals surface area contributed by atoms with Crippen molar-refractivity contribution in [2.45, 2.75) is 44.7 Å². The lowest BCUT2D eigenvalue weighted by Gasteiger charge is -2.28. The number of rotatable bonds is 5. The molecule has 3 atom stereocenters. The van der Waals surface area contributed by atoms with E-state index in [4.69, 9.17) is 18.9 Å². The van der Waals surface area contributed by atoms with Crippen LogP contribution in [0, 0.1) is 0 Å². The van der Waals surface area contributed by atoms with Crippen LogP contribution in [0.4, 0.5) is 0 Å². The zero-order chi connectivity index (χ0) is 22.3. The number of ether oxygens (including phenoxy) is 4. The van der Waals surface area contributed by atoms with Crippen molar-refractivity contribution in [3.63, 3.8) is 0 Å². The van der Waals surface area contributed by atoms with Gasteiger partial charge in [0.15, 0.2) is 5.78 Å². The van der Waals surface area contributed by atoms with E-state index in [1.165, 1.54) is 20.1 Å². The second-order valence-electron chi connectivity index (χ2n) is 8.09. The Labute approximate surface area is 180 Å². The molecule has 7 heteroatoms. The number of aromatic hydroxyl groups is 1. The molecule has 0 aromatic heterocycles. The fourth-order valence-corrected chi connectivity index (χ4v) is 4.19. The molecular weight excluding hydrogens is 400 g/mol. The largest absolute Gasteiger partial charge is 0.507 e. The highest BCUT2D eigenvalue weighted by Crippen LogP contribution is 2.56. The van der Waals surface area contributed by atoms with Crippen LogP contribution in [0.25, 0.3) is 6.08 Å². The third-order valence-corrected chi connectivity index (χ3v) is 5.55. The number of carbonyl (C=O) groups excluding carboxylic acids is 2. The maximum atomic E-state index is 13.0. The van der Waals surface area contributed by atoms with Crippen LogP contribution in [0.3, 0.4) is 0 Å². The Balaban J connectivity index is 1.77. The first-order valence-corrected chi connectivity index (χ1v) is 9.96. The SMILES string of the molecule is COc1cc2c(c(O)c1C(=O)/C=C/c1ccccc1)[C@H]1[C@@H](O2)OC(C)(C)[C@@H]1OC(C)=O. The molecule has 0 amide bonds. The van der Waals surface area contributed by atoms with Crippen molar-refractivity contribution in [3.05, 3.63) is 59.2 Å². The molecule has 31 heavy (non-hydrogen) atoms. The summed E-state index contributed by atoms with van der Waals surface area (Å²) < 4.78 is 22.7. The van der Waals surface area contributed by atoms with Crippen LogP contribution in [-0.2, 0) is 14.3 Å². The maximum absolute atomic E-state index is 13.0. The molecule has 7 nitrogen and oxygen atoms in total. The van der Waals surface area contributed by atoms with Crippen molar-refractivity contribution in [1.82, 2.24) is 0 Å². The third kappa shape index (κ3) is 3.65.